The first kappa shape index (κ1) is 18.9. The van der Waals surface area contributed by atoms with Crippen LogP contribution in [0.2, 0.25) is 10.0 Å². The number of non-ortho nitro benzene ring substituents is 1. The summed E-state index contributed by atoms with van der Waals surface area (Å²) in [6.07, 6.45) is 0.0873. The lowest BCUT2D eigenvalue weighted by molar-refractivity contribution is -0.384. The first-order valence-corrected chi connectivity index (χ1v) is 8.06. The van der Waals surface area contributed by atoms with Crippen molar-refractivity contribution in [1.82, 2.24) is 10.9 Å². The molecule has 130 valence electrons. The van der Waals surface area contributed by atoms with Crippen LogP contribution < -0.4 is 16.2 Å². The average molecular weight is 399 g/mol. The summed E-state index contributed by atoms with van der Waals surface area (Å²) in [5.74, 6) is -0.328. The molecule has 0 aromatic heterocycles. The van der Waals surface area contributed by atoms with Gasteiger partial charge in [-0.25, -0.2) is 0 Å². The SMILES string of the molecule is O=C(Cc1ccc(Cl)c(Cl)c1)NNC(=S)Nc1ccc([N+](=O)[O-])cc1. The Kier molecular flexibility index (Phi) is 6.51. The molecule has 10 heteroatoms. The molecule has 2 aromatic rings. The normalized spacial score (nSPS) is 10.0. The number of hydrogen-bond donors (Lipinski definition) is 3. The number of carbonyl (C=O) groups excluding carboxylic acids is 1. The van der Waals surface area contributed by atoms with Crippen LogP contribution in [-0.4, -0.2) is 15.9 Å². The van der Waals surface area contributed by atoms with Crippen LogP contribution >= 0.6 is 35.4 Å². The van der Waals surface area contributed by atoms with Gasteiger partial charge in [0.1, 0.15) is 0 Å². The number of nitro benzene ring substituents is 1. The van der Waals surface area contributed by atoms with Crippen molar-refractivity contribution in [3.63, 3.8) is 0 Å². The largest absolute Gasteiger partial charge is 0.331 e. The molecule has 0 bridgehead atoms. The van der Waals surface area contributed by atoms with Crippen molar-refractivity contribution in [3.05, 3.63) is 68.2 Å². The van der Waals surface area contributed by atoms with Crippen LogP contribution in [0.15, 0.2) is 42.5 Å². The highest BCUT2D eigenvalue weighted by molar-refractivity contribution is 7.80. The number of rotatable bonds is 4. The molecule has 2 rings (SSSR count). The lowest BCUT2D eigenvalue weighted by Gasteiger charge is -2.11. The summed E-state index contributed by atoms with van der Waals surface area (Å²) in [7, 11) is 0. The summed E-state index contributed by atoms with van der Waals surface area (Å²) < 4.78 is 0. The molecule has 0 unspecified atom stereocenters. The van der Waals surface area contributed by atoms with E-state index in [2.05, 4.69) is 16.2 Å². The Labute approximate surface area is 158 Å². The van der Waals surface area contributed by atoms with E-state index in [1.165, 1.54) is 24.3 Å². The maximum absolute atomic E-state index is 11.9. The fourth-order valence-corrected chi connectivity index (χ4v) is 2.32. The number of nitrogens with one attached hydrogen (secondary N) is 3. The molecule has 0 spiro atoms. The molecule has 3 N–H and O–H groups in total. The zero-order chi connectivity index (χ0) is 18.4. The predicted molar refractivity (Wildman–Crippen MR) is 101 cm³/mol. The van der Waals surface area contributed by atoms with Gasteiger partial charge in [-0.05, 0) is 42.0 Å². The highest BCUT2D eigenvalue weighted by atomic mass is 35.5. The summed E-state index contributed by atoms with van der Waals surface area (Å²) in [6, 6.07) is 10.6. The molecule has 0 fully saturated rings. The summed E-state index contributed by atoms with van der Waals surface area (Å²) in [5.41, 5.74) is 6.19. The van der Waals surface area contributed by atoms with E-state index in [1.54, 1.807) is 18.2 Å². The van der Waals surface area contributed by atoms with E-state index in [0.717, 1.165) is 0 Å². The Balaban J connectivity index is 1.81. The number of hydrogen-bond acceptors (Lipinski definition) is 4. The van der Waals surface area contributed by atoms with Crippen molar-refractivity contribution in [1.29, 1.82) is 0 Å². The molecule has 0 radical (unpaired) electrons. The van der Waals surface area contributed by atoms with E-state index in [0.29, 0.717) is 21.3 Å². The van der Waals surface area contributed by atoms with Crippen LogP contribution in [0.1, 0.15) is 5.56 Å². The molecule has 0 atom stereocenters. The van der Waals surface area contributed by atoms with Gasteiger partial charge in [0.15, 0.2) is 5.11 Å². The Morgan fingerprint density at radius 3 is 2.36 bits per heavy atom. The van der Waals surface area contributed by atoms with Gasteiger partial charge in [-0.3, -0.25) is 25.8 Å². The molecular weight excluding hydrogens is 387 g/mol. The third-order valence-electron chi connectivity index (χ3n) is 3.00. The second kappa shape index (κ2) is 8.61. The number of benzene rings is 2. The second-order valence-electron chi connectivity index (χ2n) is 4.86. The smallest absolute Gasteiger partial charge is 0.269 e. The maximum atomic E-state index is 11.9. The molecule has 1 amide bonds. The molecule has 0 heterocycles. The average Bonchev–Trinajstić information content (AvgIpc) is 2.57. The predicted octanol–water partition coefficient (Wildman–Crippen LogP) is 3.46. The third kappa shape index (κ3) is 5.86. The zero-order valence-electron chi connectivity index (χ0n) is 12.6. The van der Waals surface area contributed by atoms with Gasteiger partial charge in [0.25, 0.3) is 5.69 Å². The third-order valence-corrected chi connectivity index (χ3v) is 3.94. The van der Waals surface area contributed by atoms with Gasteiger partial charge in [0.2, 0.25) is 5.91 Å². The van der Waals surface area contributed by atoms with Gasteiger partial charge in [-0.1, -0.05) is 29.3 Å². The summed E-state index contributed by atoms with van der Waals surface area (Å²) >= 11 is 16.7. The van der Waals surface area contributed by atoms with Crippen molar-refractivity contribution in [3.8, 4) is 0 Å². The van der Waals surface area contributed by atoms with Crippen LogP contribution in [0.4, 0.5) is 11.4 Å². The number of nitrogens with zero attached hydrogens (tertiary/aromatic N) is 1. The van der Waals surface area contributed by atoms with E-state index < -0.39 is 4.92 Å². The monoisotopic (exact) mass is 398 g/mol. The van der Waals surface area contributed by atoms with Crippen LogP contribution in [-0.2, 0) is 11.2 Å². The van der Waals surface area contributed by atoms with Crippen molar-refractivity contribution in [2.24, 2.45) is 0 Å². The Hall–Kier alpha value is -2.42. The number of halogens is 2. The number of carbonyl (C=O) groups is 1. The van der Waals surface area contributed by atoms with Crippen molar-refractivity contribution >= 4 is 57.8 Å². The lowest BCUT2D eigenvalue weighted by Crippen LogP contribution is -2.44. The van der Waals surface area contributed by atoms with E-state index >= 15 is 0 Å². The summed E-state index contributed by atoms with van der Waals surface area (Å²) in [5, 5.41) is 14.3. The van der Waals surface area contributed by atoms with Gasteiger partial charge in [0, 0.05) is 17.8 Å². The Morgan fingerprint density at radius 2 is 1.76 bits per heavy atom. The van der Waals surface area contributed by atoms with Gasteiger partial charge in [-0.15, -0.1) is 0 Å². The van der Waals surface area contributed by atoms with E-state index in [1.807, 2.05) is 0 Å². The Morgan fingerprint density at radius 1 is 1.08 bits per heavy atom. The second-order valence-corrected chi connectivity index (χ2v) is 6.08. The van der Waals surface area contributed by atoms with Crippen molar-refractivity contribution in [2.75, 3.05) is 5.32 Å². The maximum Gasteiger partial charge on any atom is 0.269 e. The van der Waals surface area contributed by atoms with Gasteiger partial charge >= 0.3 is 0 Å². The first-order valence-electron chi connectivity index (χ1n) is 6.89. The number of thiocarbonyl (C=S) groups is 1. The zero-order valence-corrected chi connectivity index (χ0v) is 14.9. The highest BCUT2D eigenvalue weighted by Crippen LogP contribution is 2.22. The number of hydrazine groups is 1. The van der Waals surface area contributed by atoms with E-state index in [9.17, 15) is 14.9 Å². The number of nitro groups is 1. The summed E-state index contributed by atoms with van der Waals surface area (Å²) in [4.78, 5) is 22.0. The molecule has 25 heavy (non-hydrogen) atoms. The molecule has 0 aliphatic rings. The quantitative estimate of drug-likeness (QED) is 0.414. The molecule has 0 saturated carbocycles. The molecule has 2 aromatic carbocycles. The lowest BCUT2D eigenvalue weighted by atomic mass is 10.1. The van der Waals surface area contributed by atoms with Crippen LogP contribution in [0, 0.1) is 10.1 Å². The molecule has 0 aliphatic heterocycles. The number of amides is 1. The van der Waals surface area contributed by atoms with Gasteiger partial charge < -0.3 is 5.32 Å². The fraction of sp³-hybridized carbons (Fsp3) is 0.0667. The fourth-order valence-electron chi connectivity index (χ4n) is 1.83. The molecular formula is C15H12Cl2N4O3S. The van der Waals surface area contributed by atoms with Gasteiger partial charge in [-0.2, -0.15) is 0 Å². The van der Waals surface area contributed by atoms with Crippen LogP contribution in [0.25, 0.3) is 0 Å². The highest BCUT2D eigenvalue weighted by Gasteiger charge is 2.07. The number of anilines is 1. The minimum absolute atomic E-state index is 0.0284. The standard InChI is InChI=1S/C15H12Cl2N4O3S/c16-12-6-1-9(7-13(12)17)8-14(22)19-20-15(25)18-10-2-4-11(5-3-10)21(23)24/h1-7H,8H2,(H,19,22)(H2,18,20,25). The summed E-state index contributed by atoms with van der Waals surface area (Å²) in [6.45, 7) is 0. The van der Waals surface area contributed by atoms with Crippen molar-refractivity contribution < 1.29 is 9.72 Å². The minimum atomic E-state index is -0.496. The first-order chi connectivity index (χ1) is 11.8. The minimum Gasteiger partial charge on any atom is -0.331 e. The van der Waals surface area contributed by atoms with Gasteiger partial charge in [0.05, 0.1) is 21.4 Å². The van der Waals surface area contributed by atoms with Crippen LogP contribution in [0.3, 0.4) is 0 Å². The van der Waals surface area contributed by atoms with E-state index in [4.69, 9.17) is 35.4 Å². The molecule has 7 nitrogen and oxygen atoms in total. The molecule has 0 saturated heterocycles. The topological polar surface area (TPSA) is 96.3 Å². The molecule has 0 aliphatic carbocycles. The van der Waals surface area contributed by atoms with Crippen LogP contribution in [0.5, 0.6) is 0 Å². The van der Waals surface area contributed by atoms with E-state index in [-0.39, 0.29) is 23.1 Å². The Bertz CT molecular complexity index is 815. The van der Waals surface area contributed by atoms with Crippen molar-refractivity contribution in [2.45, 2.75) is 6.42 Å².